The van der Waals surface area contributed by atoms with Crippen LogP contribution in [-0.4, -0.2) is 23.8 Å². The van der Waals surface area contributed by atoms with Gasteiger partial charge in [-0.1, -0.05) is 13.8 Å². The van der Waals surface area contributed by atoms with Gasteiger partial charge in [0.05, 0.1) is 12.6 Å². The number of aliphatic hydroxyl groups is 1. The van der Waals surface area contributed by atoms with Crippen molar-refractivity contribution >= 4 is 11.7 Å². The first kappa shape index (κ1) is 13.4. The van der Waals surface area contributed by atoms with Gasteiger partial charge in [0.15, 0.2) is 0 Å². The van der Waals surface area contributed by atoms with Crippen LogP contribution in [0.25, 0.3) is 0 Å². The highest BCUT2D eigenvalue weighted by molar-refractivity contribution is 5.89. The van der Waals surface area contributed by atoms with Crippen LogP contribution in [0, 0.1) is 11.7 Å². The second kappa shape index (κ2) is 6.20. The quantitative estimate of drug-likeness (QED) is 0.753. The predicted octanol–water partition coefficient (Wildman–Crippen LogP) is 1.96. The number of carbonyl (C=O) groups is 1. The van der Waals surface area contributed by atoms with Gasteiger partial charge in [0.2, 0.25) is 0 Å². The molecule has 0 aliphatic heterocycles. The van der Waals surface area contributed by atoms with Crippen molar-refractivity contribution < 1.29 is 14.3 Å². The first-order valence-corrected chi connectivity index (χ1v) is 5.47. The van der Waals surface area contributed by atoms with Gasteiger partial charge >= 0.3 is 6.03 Å². The number of urea groups is 1. The molecule has 0 saturated heterocycles. The van der Waals surface area contributed by atoms with Gasteiger partial charge in [-0.3, -0.25) is 0 Å². The minimum absolute atomic E-state index is 0.117. The number of hydrogen-bond acceptors (Lipinski definition) is 2. The number of halogens is 1. The van der Waals surface area contributed by atoms with Gasteiger partial charge < -0.3 is 15.7 Å². The molecule has 0 heterocycles. The molecule has 17 heavy (non-hydrogen) atoms. The molecule has 1 aromatic rings. The molecular formula is C12H17FN2O2. The van der Waals surface area contributed by atoms with Gasteiger partial charge in [-0.15, -0.1) is 0 Å². The van der Waals surface area contributed by atoms with E-state index >= 15 is 0 Å². The highest BCUT2D eigenvalue weighted by atomic mass is 19.1. The number of rotatable bonds is 4. The molecule has 2 amide bonds. The second-order valence-electron chi connectivity index (χ2n) is 4.14. The number of nitrogens with one attached hydrogen (secondary N) is 2. The monoisotopic (exact) mass is 240 g/mol. The number of carbonyl (C=O) groups excluding carboxylic acids is 1. The molecule has 94 valence electrons. The Morgan fingerprint density at radius 1 is 1.35 bits per heavy atom. The lowest BCUT2D eigenvalue weighted by Gasteiger charge is -2.20. The van der Waals surface area contributed by atoms with Crippen molar-refractivity contribution in [3.8, 4) is 0 Å². The summed E-state index contributed by atoms with van der Waals surface area (Å²) in [6.45, 7) is 3.69. The molecule has 0 fully saturated rings. The lowest BCUT2D eigenvalue weighted by Crippen LogP contribution is -2.43. The molecule has 0 bridgehead atoms. The van der Waals surface area contributed by atoms with E-state index in [4.69, 9.17) is 5.11 Å². The molecule has 0 saturated carbocycles. The fraction of sp³-hybridized carbons (Fsp3) is 0.417. The SMILES string of the molecule is CC(C)[C@@H](CO)NC(=O)Nc1ccc(F)cc1. The Hall–Kier alpha value is -1.62. The van der Waals surface area contributed by atoms with Gasteiger partial charge in [-0.05, 0) is 30.2 Å². The third-order valence-corrected chi connectivity index (χ3v) is 2.42. The van der Waals surface area contributed by atoms with Gasteiger partial charge in [0.25, 0.3) is 0 Å². The molecule has 0 radical (unpaired) electrons. The Labute approximate surface area is 99.8 Å². The number of hydrogen-bond donors (Lipinski definition) is 3. The van der Waals surface area contributed by atoms with E-state index in [0.29, 0.717) is 5.69 Å². The first-order valence-electron chi connectivity index (χ1n) is 5.47. The van der Waals surface area contributed by atoms with Crippen LogP contribution in [0.15, 0.2) is 24.3 Å². The molecule has 4 nitrogen and oxygen atoms in total. The molecule has 0 unspecified atom stereocenters. The zero-order valence-corrected chi connectivity index (χ0v) is 9.90. The van der Waals surface area contributed by atoms with Crippen LogP contribution in [-0.2, 0) is 0 Å². The topological polar surface area (TPSA) is 61.4 Å². The molecule has 0 aliphatic carbocycles. The van der Waals surface area contributed by atoms with Crippen molar-refractivity contribution in [2.24, 2.45) is 5.92 Å². The Balaban J connectivity index is 2.52. The van der Waals surface area contributed by atoms with E-state index in [9.17, 15) is 9.18 Å². The van der Waals surface area contributed by atoms with Crippen LogP contribution in [0.2, 0.25) is 0 Å². The molecule has 1 atom stereocenters. The Bertz CT molecular complexity index is 365. The number of benzene rings is 1. The molecule has 0 aliphatic rings. The van der Waals surface area contributed by atoms with Crippen molar-refractivity contribution in [3.05, 3.63) is 30.1 Å². The smallest absolute Gasteiger partial charge is 0.319 e. The summed E-state index contributed by atoms with van der Waals surface area (Å²) in [6, 6.07) is 4.76. The number of anilines is 1. The van der Waals surface area contributed by atoms with Crippen molar-refractivity contribution in [3.63, 3.8) is 0 Å². The maximum absolute atomic E-state index is 12.6. The fourth-order valence-electron chi connectivity index (χ4n) is 1.29. The van der Waals surface area contributed by atoms with Gasteiger partial charge in [0.1, 0.15) is 5.82 Å². The summed E-state index contributed by atoms with van der Waals surface area (Å²) in [5.74, 6) is -0.217. The van der Waals surface area contributed by atoms with Crippen LogP contribution in [0.5, 0.6) is 0 Å². The van der Waals surface area contributed by atoms with E-state index in [2.05, 4.69) is 10.6 Å². The zero-order valence-electron chi connectivity index (χ0n) is 9.90. The summed E-state index contributed by atoms with van der Waals surface area (Å²) in [7, 11) is 0. The van der Waals surface area contributed by atoms with Crippen molar-refractivity contribution in [1.29, 1.82) is 0 Å². The molecule has 1 rings (SSSR count). The third-order valence-electron chi connectivity index (χ3n) is 2.42. The molecule has 5 heteroatoms. The highest BCUT2D eigenvalue weighted by Gasteiger charge is 2.14. The largest absolute Gasteiger partial charge is 0.394 e. The van der Waals surface area contributed by atoms with E-state index < -0.39 is 6.03 Å². The van der Waals surface area contributed by atoms with Crippen LogP contribution >= 0.6 is 0 Å². The molecule has 3 N–H and O–H groups in total. The summed E-state index contributed by atoms with van der Waals surface area (Å²) >= 11 is 0. The van der Waals surface area contributed by atoms with E-state index in [-0.39, 0.29) is 24.4 Å². The lowest BCUT2D eigenvalue weighted by atomic mass is 10.1. The van der Waals surface area contributed by atoms with Crippen LogP contribution in [0.4, 0.5) is 14.9 Å². The Kier molecular flexibility index (Phi) is 4.90. The van der Waals surface area contributed by atoms with Crippen molar-refractivity contribution in [1.82, 2.24) is 5.32 Å². The summed E-state index contributed by atoms with van der Waals surface area (Å²) < 4.78 is 12.6. The standard InChI is InChI=1S/C12H17FN2O2/c1-8(2)11(7-16)15-12(17)14-10-5-3-9(13)4-6-10/h3-6,8,11,16H,7H2,1-2H3,(H2,14,15,17)/t11-/m1/s1. The van der Waals surface area contributed by atoms with Crippen molar-refractivity contribution in [2.75, 3.05) is 11.9 Å². The minimum Gasteiger partial charge on any atom is -0.394 e. The van der Waals surface area contributed by atoms with Gasteiger partial charge in [0, 0.05) is 5.69 Å². The highest BCUT2D eigenvalue weighted by Crippen LogP contribution is 2.08. The summed E-state index contributed by atoms with van der Waals surface area (Å²) in [4.78, 5) is 11.5. The molecule has 1 aromatic carbocycles. The Morgan fingerprint density at radius 3 is 2.41 bits per heavy atom. The summed E-state index contributed by atoms with van der Waals surface area (Å²) in [5.41, 5.74) is 0.504. The van der Waals surface area contributed by atoms with Gasteiger partial charge in [-0.2, -0.15) is 0 Å². The van der Waals surface area contributed by atoms with E-state index in [1.165, 1.54) is 24.3 Å². The predicted molar refractivity (Wildman–Crippen MR) is 64.3 cm³/mol. The molecule has 0 aromatic heterocycles. The fourth-order valence-corrected chi connectivity index (χ4v) is 1.29. The minimum atomic E-state index is -0.413. The lowest BCUT2D eigenvalue weighted by molar-refractivity contribution is 0.204. The first-order chi connectivity index (χ1) is 8.02. The number of aliphatic hydroxyl groups excluding tert-OH is 1. The van der Waals surface area contributed by atoms with Gasteiger partial charge in [-0.25, -0.2) is 9.18 Å². The van der Waals surface area contributed by atoms with E-state index in [0.717, 1.165) is 0 Å². The summed E-state index contributed by atoms with van der Waals surface area (Å²) in [6.07, 6.45) is 0. The van der Waals surface area contributed by atoms with Crippen LogP contribution in [0.3, 0.4) is 0 Å². The normalized spacial score (nSPS) is 12.3. The average Bonchev–Trinajstić information content (AvgIpc) is 2.28. The van der Waals surface area contributed by atoms with Crippen LogP contribution < -0.4 is 10.6 Å². The average molecular weight is 240 g/mol. The maximum atomic E-state index is 12.6. The molecular weight excluding hydrogens is 223 g/mol. The van der Waals surface area contributed by atoms with E-state index in [1.807, 2.05) is 13.8 Å². The van der Waals surface area contributed by atoms with E-state index in [1.54, 1.807) is 0 Å². The summed E-state index contributed by atoms with van der Waals surface area (Å²) in [5, 5.41) is 14.3. The van der Waals surface area contributed by atoms with Crippen molar-refractivity contribution in [2.45, 2.75) is 19.9 Å². The Morgan fingerprint density at radius 2 is 1.94 bits per heavy atom. The third kappa shape index (κ3) is 4.40. The van der Waals surface area contributed by atoms with Crippen LogP contribution in [0.1, 0.15) is 13.8 Å². The molecule has 0 spiro atoms. The number of amides is 2. The second-order valence-corrected chi connectivity index (χ2v) is 4.14. The zero-order chi connectivity index (χ0) is 12.8. The maximum Gasteiger partial charge on any atom is 0.319 e.